The van der Waals surface area contributed by atoms with Crippen LogP contribution in [0.25, 0.3) is 0 Å². The van der Waals surface area contributed by atoms with Crippen LogP contribution in [0.15, 0.2) is 42.5 Å². The Morgan fingerprint density at radius 3 is 2.43 bits per heavy atom. The number of amides is 3. The van der Waals surface area contributed by atoms with Gasteiger partial charge in [0.2, 0.25) is 6.79 Å². The van der Waals surface area contributed by atoms with Crippen LogP contribution in [0.4, 0.5) is 0 Å². The lowest BCUT2D eigenvalue weighted by Crippen LogP contribution is -2.40. The van der Waals surface area contributed by atoms with Gasteiger partial charge in [0.15, 0.2) is 17.6 Å². The number of ether oxygens (including phenoxy) is 3. The molecule has 0 fully saturated rings. The molecular formula is C21H18N2O7. The Morgan fingerprint density at radius 1 is 1.07 bits per heavy atom. The number of fused-ring (bicyclic) bond motifs is 2. The van der Waals surface area contributed by atoms with E-state index in [0.29, 0.717) is 11.5 Å². The highest BCUT2D eigenvalue weighted by molar-refractivity contribution is 6.22. The number of carbonyl (C=O) groups excluding carboxylic acids is 4. The fraction of sp³-hybridized carbons (Fsp3) is 0.238. The molecule has 0 saturated carbocycles. The van der Waals surface area contributed by atoms with E-state index in [1.54, 1.807) is 30.3 Å². The molecule has 3 amide bonds. The third-order valence-electron chi connectivity index (χ3n) is 4.75. The van der Waals surface area contributed by atoms with Gasteiger partial charge in [0.25, 0.3) is 17.7 Å². The Kier molecular flexibility index (Phi) is 5.09. The first-order valence-corrected chi connectivity index (χ1v) is 9.25. The minimum absolute atomic E-state index is 0.158. The quantitative estimate of drug-likeness (QED) is 0.564. The molecule has 1 atom stereocenters. The van der Waals surface area contributed by atoms with Crippen molar-refractivity contribution in [3.05, 3.63) is 59.2 Å². The van der Waals surface area contributed by atoms with E-state index in [9.17, 15) is 19.2 Å². The van der Waals surface area contributed by atoms with Gasteiger partial charge in [0, 0.05) is 6.54 Å². The summed E-state index contributed by atoms with van der Waals surface area (Å²) in [4.78, 5) is 49.8. The second kappa shape index (κ2) is 7.86. The third-order valence-corrected chi connectivity index (χ3v) is 4.75. The predicted octanol–water partition coefficient (Wildman–Crippen LogP) is 1.26. The summed E-state index contributed by atoms with van der Waals surface area (Å²) >= 11 is 0. The molecule has 2 aromatic carbocycles. The Labute approximate surface area is 171 Å². The maximum Gasteiger partial charge on any atom is 0.326 e. The molecule has 154 valence electrons. The topological polar surface area (TPSA) is 111 Å². The first kappa shape index (κ1) is 19.4. The van der Waals surface area contributed by atoms with E-state index in [1.165, 1.54) is 19.1 Å². The van der Waals surface area contributed by atoms with Gasteiger partial charge in [-0.15, -0.1) is 0 Å². The molecule has 0 radical (unpaired) electrons. The second-order valence-corrected chi connectivity index (χ2v) is 6.78. The smallest absolute Gasteiger partial charge is 0.326 e. The average Bonchev–Trinajstić information content (AvgIpc) is 3.30. The van der Waals surface area contributed by atoms with Crippen LogP contribution in [0, 0.1) is 0 Å². The van der Waals surface area contributed by atoms with Crippen molar-refractivity contribution in [1.82, 2.24) is 10.2 Å². The summed E-state index contributed by atoms with van der Waals surface area (Å²) in [6.45, 7) is 1.21. The largest absolute Gasteiger partial charge is 0.454 e. The number of nitrogens with one attached hydrogen (secondary N) is 1. The van der Waals surface area contributed by atoms with Crippen molar-refractivity contribution in [2.45, 2.75) is 19.6 Å². The van der Waals surface area contributed by atoms with Gasteiger partial charge < -0.3 is 19.5 Å². The van der Waals surface area contributed by atoms with Gasteiger partial charge in [-0.05, 0) is 36.8 Å². The van der Waals surface area contributed by atoms with Gasteiger partial charge in [-0.2, -0.15) is 0 Å². The number of benzene rings is 2. The van der Waals surface area contributed by atoms with Crippen LogP contribution in [0.5, 0.6) is 11.5 Å². The van der Waals surface area contributed by atoms with E-state index in [4.69, 9.17) is 14.2 Å². The van der Waals surface area contributed by atoms with Crippen LogP contribution in [0.1, 0.15) is 33.2 Å². The van der Waals surface area contributed by atoms with E-state index < -0.39 is 36.3 Å². The highest BCUT2D eigenvalue weighted by atomic mass is 16.7. The molecule has 0 unspecified atom stereocenters. The van der Waals surface area contributed by atoms with E-state index in [2.05, 4.69) is 5.32 Å². The van der Waals surface area contributed by atoms with Crippen molar-refractivity contribution in [1.29, 1.82) is 0 Å². The number of rotatable bonds is 6. The molecule has 2 aliphatic rings. The number of nitrogens with zero attached hydrogens (tertiary/aromatic N) is 1. The zero-order chi connectivity index (χ0) is 21.3. The molecule has 4 rings (SSSR count). The summed E-state index contributed by atoms with van der Waals surface area (Å²) in [7, 11) is 0. The number of carbonyl (C=O) groups is 4. The van der Waals surface area contributed by atoms with Crippen molar-refractivity contribution < 1.29 is 33.4 Å². The number of imide groups is 1. The number of esters is 1. The molecule has 9 nitrogen and oxygen atoms in total. The normalized spacial score (nSPS) is 15.0. The van der Waals surface area contributed by atoms with Crippen molar-refractivity contribution in [3.8, 4) is 11.5 Å². The van der Waals surface area contributed by atoms with E-state index >= 15 is 0 Å². The maximum absolute atomic E-state index is 12.3. The molecule has 0 spiro atoms. The lowest BCUT2D eigenvalue weighted by molar-refractivity contribution is -0.155. The van der Waals surface area contributed by atoms with Gasteiger partial charge in [-0.1, -0.05) is 18.2 Å². The molecule has 0 aliphatic carbocycles. The summed E-state index contributed by atoms with van der Waals surface area (Å²) in [5, 5.41) is 2.66. The fourth-order valence-corrected chi connectivity index (χ4v) is 3.18. The zero-order valence-electron chi connectivity index (χ0n) is 16.0. The molecule has 9 heteroatoms. The highest BCUT2D eigenvalue weighted by Gasteiger charge is 2.37. The number of hydrogen-bond acceptors (Lipinski definition) is 7. The molecule has 0 saturated heterocycles. The van der Waals surface area contributed by atoms with Crippen molar-refractivity contribution in [3.63, 3.8) is 0 Å². The lowest BCUT2D eigenvalue weighted by Gasteiger charge is -2.17. The Bertz CT molecular complexity index is 1010. The highest BCUT2D eigenvalue weighted by Crippen LogP contribution is 2.32. The monoisotopic (exact) mass is 410 g/mol. The average molecular weight is 410 g/mol. The zero-order valence-corrected chi connectivity index (χ0v) is 16.0. The molecule has 2 heterocycles. The van der Waals surface area contributed by atoms with E-state index in [1.807, 2.05) is 0 Å². The molecule has 30 heavy (non-hydrogen) atoms. The molecule has 0 aromatic heterocycles. The molecular weight excluding hydrogens is 392 g/mol. The van der Waals surface area contributed by atoms with Crippen molar-refractivity contribution in [2.24, 2.45) is 0 Å². The minimum atomic E-state index is -1.10. The number of hydrogen-bond donors (Lipinski definition) is 1. The SMILES string of the molecule is C[C@@H](OC(=O)CN1C(=O)c2ccccc2C1=O)C(=O)NCc1ccc2c(c1)OCO2. The van der Waals surface area contributed by atoms with Gasteiger partial charge >= 0.3 is 5.97 Å². The summed E-state index contributed by atoms with van der Waals surface area (Å²) in [6.07, 6.45) is -1.10. The van der Waals surface area contributed by atoms with Crippen LogP contribution in [-0.2, 0) is 20.9 Å². The third kappa shape index (κ3) is 3.69. The predicted molar refractivity (Wildman–Crippen MR) is 102 cm³/mol. The minimum Gasteiger partial charge on any atom is -0.454 e. The van der Waals surface area contributed by atoms with Crippen molar-refractivity contribution in [2.75, 3.05) is 13.3 Å². The van der Waals surface area contributed by atoms with Gasteiger partial charge in [-0.25, -0.2) is 0 Å². The van der Waals surface area contributed by atoms with Crippen LogP contribution in [0.3, 0.4) is 0 Å². The summed E-state index contributed by atoms with van der Waals surface area (Å²) in [6, 6.07) is 11.6. The lowest BCUT2D eigenvalue weighted by atomic mass is 10.1. The van der Waals surface area contributed by atoms with E-state index in [0.717, 1.165) is 10.5 Å². The molecule has 0 bridgehead atoms. The molecule has 2 aromatic rings. The Hall–Kier alpha value is -3.88. The van der Waals surface area contributed by atoms with Crippen molar-refractivity contribution >= 4 is 23.7 Å². The summed E-state index contributed by atoms with van der Waals surface area (Å²) < 4.78 is 15.6. The van der Waals surface area contributed by atoms with Crippen LogP contribution in [0.2, 0.25) is 0 Å². The maximum atomic E-state index is 12.3. The Morgan fingerprint density at radius 2 is 1.73 bits per heavy atom. The summed E-state index contributed by atoms with van der Waals surface area (Å²) in [5.74, 6) is -1.25. The van der Waals surface area contributed by atoms with Gasteiger partial charge in [0.05, 0.1) is 11.1 Å². The first-order chi connectivity index (χ1) is 14.4. The first-order valence-electron chi connectivity index (χ1n) is 9.25. The Balaban J connectivity index is 1.29. The van der Waals surface area contributed by atoms with Crippen LogP contribution < -0.4 is 14.8 Å². The molecule has 1 N–H and O–H groups in total. The fourth-order valence-electron chi connectivity index (χ4n) is 3.18. The van der Waals surface area contributed by atoms with Crippen LogP contribution in [-0.4, -0.2) is 48.0 Å². The molecule has 2 aliphatic heterocycles. The standard InChI is InChI=1S/C21H18N2O7/c1-12(19(25)22-9-13-6-7-16-17(8-13)29-11-28-16)30-18(24)10-23-20(26)14-4-2-3-5-15(14)21(23)27/h2-8,12H,9-11H2,1H3,(H,22,25)/t12-/m1/s1. The van der Waals surface area contributed by atoms with Gasteiger partial charge in [-0.3, -0.25) is 24.1 Å². The van der Waals surface area contributed by atoms with Crippen LogP contribution >= 0.6 is 0 Å². The van der Waals surface area contributed by atoms with E-state index in [-0.39, 0.29) is 24.5 Å². The summed E-state index contributed by atoms with van der Waals surface area (Å²) in [5.41, 5.74) is 1.27. The van der Waals surface area contributed by atoms with Gasteiger partial charge in [0.1, 0.15) is 6.54 Å². The second-order valence-electron chi connectivity index (χ2n) is 6.78.